The number of rotatable bonds is 19. The number of sulfone groups is 1. The molecule has 0 unspecified atom stereocenters. The summed E-state index contributed by atoms with van der Waals surface area (Å²) in [4.78, 5) is 26.9. The van der Waals surface area contributed by atoms with E-state index in [1.54, 1.807) is 6.92 Å². The highest BCUT2D eigenvalue weighted by molar-refractivity contribution is 7.92. The minimum atomic E-state index is -3.86. The van der Waals surface area contributed by atoms with Gasteiger partial charge in [-0.15, -0.1) is 0 Å². The Bertz CT molecular complexity index is 1560. The molecule has 1 heterocycles. The van der Waals surface area contributed by atoms with Gasteiger partial charge in [0.1, 0.15) is 29.5 Å². The first-order valence-electron chi connectivity index (χ1n) is 16.1. The Balaban J connectivity index is 1.88. The van der Waals surface area contributed by atoms with Crippen molar-refractivity contribution in [1.29, 1.82) is 0 Å². The maximum atomic E-state index is 14.0. The van der Waals surface area contributed by atoms with Gasteiger partial charge in [0.25, 0.3) is 5.91 Å². The van der Waals surface area contributed by atoms with Crippen LogP contribution in [0.3, 0.4) is 0 Å². The molecular weight excluding hydrogens is 628 g/mol. The van der Waals surface area contributed by atoms with Crippen LogP contribution in [0.2, 0.25) is 0 Å². The van der Waals surface area contributed by atoms with E-state index in [0.29, 0.717) is 37.9 Å². The maximum Gasteiger partial charge on any atom is 0.330 e. The Morgan fingerprint density at radius 2 is 1.64 bits per heavy atom. The van der Waals surface area contributed by atoms with Gasteiger partial charge in [0, 0.05) is 30.9 Å². The number of benzene rings is 2. The fourth-order valence-electron chi connectivity index (χ4n) is 5.41. The van der Waals surface area contributed by atoms with Crippen molar-refractivity contribution < 1.29 is 31.5 Å². The molecule has 13 heteroatoms. The van der Waals surface area contributed by atoms with E-state index in [-0.39, 0.29) is 24.2 Å². The number of carbonyl (C=O) groups excluding carboxylic acids is 2. The van der Waals surface area contributed by atoms with Gasteiger partial charge < -0.3 is 21.1 Å². The fraction of sp³-hybridized carbons (Fsp3) is 0.500. The monoisotopic (exact) mass is 675 g/mol. The van der Waals surface area contributed by atoms with Crippen molar-refractivity contribution in [2.24, 2.45) is 5.73 Å². The summed E-state index contributed by atoms with van der Waals surface area (Å²) in [5.74, 6) is -3.98. The molecular formula is C34H47F2N5O5S. The highest BCUT2D eigenvalue weighted by atomic mass is 32.2. The molecule has 1 amide bonds. The minimum Gasteiger partial charge on any atom is -0.458 e. The summed E-state index contributed by atoms with van der Waals surface area (Å²) < 4.78 is 60.9. The van der Waals surface area contributed by atoms with E-state index in [0.717, 1.165) is 35.7 Å². The molecule has 5 N–H and O–H groups in total. The van der Waals surface area contributed by atoms with Gasteiger partial charge in [0.15, 0.2) is 9.84 Å². The zero-order valence-corrected chi connectivity index (χ0v) is 28.3. The molecule has 2 aromatic carbocycles. The molecule has 0 saturated heterocycles. The van der Waals surface area contributed by atoms with Crippen LogP contribution in [0.5, 0.6) is 0 Å². The Morgan fingerprint density at radius 1 is 0.979 bits per heavy atom. The van der Waals surface area contributed by atoms with E-state index in [1.807, 2.05) is 45.0 Å². The Hall–Kier alpha value is -3.68. The third-order valence-electron chi connectivity index (χ3n) is 7.87. The average molecular weight is 676 g/mol. The second-order valence-electron chi connectivity index (χ2n) is 11.9. The summed E-state index contributed by atoms with van der Waals surface area (Å²) in [6.07, 6.45) is 1.83. The number of nitrogens with zero attached hydrogens (tertiary/aromatic N) is 1. The number of halogens is 2. The Labute approximate surface area is 276 Å². The molecule has 3 rings (SSSR count). The van der Waals surface area contributed by atoms with Gasteiger partial charge in [0.05, 0.1) is 11.0 Å². The van der Waals surface area contributed by atoms with Gasteiger partial charge in [-0.3, -0.25) is 9.89 Å². The molecule has 0 aliphatic rings. The number of ether oxygens (including phenoxy) is 1. The number of carbonyl (C=O) groups is 2. The zero-order chi connectivity index (χ0) is 34.6. The van der Waals surface area contributed by atoms with E-state index >= 15 is 0 Å². The summed E-state index contributed by atoms with van der Waals surface area (Å²) in [5.41, 5.74) is 9.46. The fourth-order valence-corrected chi connectivity index (χ4v) is 7.56. The van der Waals surface area contributed by atoms with Crippen molar-refractivity contribution in [3.8, 4) is 0 Å². The normalized spacial score (nSPS) is 13.7. The Kier molecular flexibility index (Phi) is 14.5. The van der Waals surface area contributed by atoms with Gasteiger partial charge in [-0.05, 0) is 67.5 Å². The van der Waals surface area contributed by atoms with Crippen molar-refractivity contribution in [3.63, 3.8) is 0 Å². The standard InChI is InChI=1S/C34H47F2N5O5S/c1-5-9-28(10-6-2)47(44,45)21-31(39-33(42)30-13-22(4)40-41-30)34(43)46-32(20-38-19-24-12-8-11-23(7-3)14-24)29(37)17-25-15-26(35)18-27(36)16-25/h8,11-16,18,28-29,31-32,38H,5-7,9-10,17,19-21,37H2,1-4H3,(H,39,42)(H,40,41)/t29-,31-,32+/m0/s1. The summed E-state index contributed by atoms with van der Waals surface area (Å²) >= 11 is 0. The molecule has 0 bridgehead atoms. The van der Waals surface area contributed by atoms with Gasteiger partial charge in [-0.1, -0.05) is 57.9 Å². The second-order valence-corrected chi connectivity index (χ2v) is 14.2. The van der Waals surface area contributed by atoms with Gasteiger partial charge in [0.2, 0.25) is 0 Å². The molecule has 3 aromatic rings. The number of hydrogen-bond acceptors (Lipinski definition) is 8. The Morgan fingerprint density at radius 3 is 2.23 bits per heavy atom. The molecule has 0 radical (unpaired) electrons. The van der Waals surface area contributed by atoms with Crippen LogP contribution >= 0.6 is 0 Å². The number of amides is 1. The smallest absolute Gasteiger partial charge is 0.330 e. The van der Waals surface area contributed by atoms with Gasteiger partial charge in [-0.25, -0.2) is 22.0 Å². The summed E-state index contributed by atoms with van der Waals surface area (Å²) in [6, 6.07) is 9.95. The third kappa shape index (κ3) is 11.8. The van der Waals surface area contributed by atoms with Crippen LogP contribution in [0.25, 0.3) is 0 Å². The van der Waals surface area contributed by atoms with E-state index in [2.05, 4.69) is 20.8 Å². The molecule has 10 nitrogen and oxygen atoms in total. The summed E-state index contributed by atoms with van der Waals surface area (Å²) in [7, 11) is -3.86. The molecule has 258 valence electrons. The molecule has 3 atom stereocenters. The van der Waals surface area contributed by atoms with E-state index in [9.17, 15) is 26.8 Å². The number of aromatic nitrogens is 2. The number of aryl methyl sites for hydroxylation is 2. The first-order chi connectivity index (χ1) is 22.3. The number of esters is 1. The number of nitrogens with one attached hydrogen (secondary N) is 3. The lowest BCUT2D eigenvalue weighted by molar-refractivity contribution is -0.151. The van der Waals surface area contributed by atoms with Gasteiger partial charge in [-0.2, -0.15) is 5.10 Å². The van der Waals surface area contributed by atoms with Crippen LogP contribution in [0.15, 0.2) is 48.5 Å². The molecule has 47 heavy (non-hydrogen) atoms. The van der Waals surface area contributed by atoms with Gasteiger partial charge >= 0.3 is 5.97 Å². The van der Waals surface area contributed by atoms with E-state index in [1.165, 1.54) is 6.07 Å². The lowest BCUT2D eigenvalue weighted by atomic mass is 10.0. The second kappa shape index (κ2) is 18.0. The van der Waals surface area contributed by atoms with E-state index in [4.69, 9.17) is 10.5 Å². The van der Waals surface area contributed by atoms with Crippen LogP contribution in [-0.2, 0) is 38.8 Å². The quantitative estimate of drug-likeness (QED) is 0.137. The molecule has 0 aliphatic heterocycles. The maximum absolute atomic E-state index is 14.0. The number of hydrogen-bond donors (Lipinski definition) is 4. The first kappa shape index (κ1) is 37.8. The predicted octanol–water partition coefficient (Wildman–Crippen LogP) is 4.31. The number of aromatic amines is 1. The summed E-state index contributed by atoms with van der Waals surface area (Å²) in [5, 5.41) is 11.6. The third-order valence-corrected chi connectivity index (χ3v) is 10.2. The molecule has 0 saturated carbocycles. The van der Waals surface area contributed by atoms with Crippen molar-refractivity contribution >= 4 is 21.7 Å². The van der Waals surface area contributed by atoms with Crippen LogP contribution in [0, 0.1) is 18.6 Å². The van der Waals surface area contributed by atoms with Crippen LogP contribution in [-0.4, -0.2) is 66.2 Å². The van der Waals surface area contributed by atoms with E-state index < -0.39 is 62.5 Å². The number of H-pyrrole nitrogens is 1. The van der Waals surface area contributed by atoms with Crippen molar-refractivity contribution in [1.82, 2.24) is 20.8 Å². The molecule has 0 fully saturated rings. The SMILES string of the molecule is CCCC(CCC)S(=O)(=O)C[C@H](NC(=O)c1cc(C)[nH]n1)C(=O)O[C@H](CNCc1cccc(CC)c1)[C@@H](N)Cc1cc(F)cc(F)c1. The van der Waals surface area contributed by atoms with Crippen molar-refractivity contribution in [2.75, 3.05) is 12.3 Å². The van der Waals surface area contributed by atoms with Crippen molar-refractivity contribution in [2.45, 2.75) is 96.2 Å². The lowest BCUT2D eigenvalue weighted by Gasteiger charge is -2.28. The minimum absolute atomic E-state index is 0.0197. The molecule has 1 aromatic heterocycles. The lowest BCUT2D eigenvalue weighted by Crippen LogP contribution is -2.52. The average Bonchev–Trinajstić information content (AvgIpc) is 3.45. The molecule has 0 aliphatic carbocycles. The topological polar surface area (TPSA) is 156 Å². The molecule has 0 spiro atoms. The first-order valence-corrected chi connectivity index (χ1v) is 17.8. The largest absolute Gasteiger partial charge is 0.458 e. The highest BCUT2D eigenvalue weighted by Gasteiger charge is 2.35. The van der Waals surface area contributed by atoms with Crippen LogP contribution < -0.4 is 16.4 Å². The highest BCUT2D eigenvalue weighted by Crippen LogP contribution is 2.19. The van der Waals surface area contributed by atoms with Crippen LogP contribution in [0.4, 0.5) is 8.78 Å². The summed E-state index contributed by atoms with van der Waals surface area (Å²) in [6.45, 7) is 7.96. The number of nitrogens with two attached hydrogens (primary N) is 1. The predicted molar refractivity (Wildman–Crippen MR) is 177 cm³/mol. The van der Waals surface area contributed by atoms with Crippen molar-refractivity contribution in [3.05, 3.63) is 88.2 Å². The zero-order valence-electron chi connectivity index (χ0n) is 27.5. The van der Waals surface area contributed by atoms with Crippen LogP contribution in [0.1, 0.15) is 79.3 Å².